The quantitative estimate of drug-likeness (QED) is 0.459. The topological polar surface area (TPSA) is 73.1 Å². The first-order valence-corrected chi connectivity index (χ1v) is 3.93. The van der Waals surface area contributed by atoms with Crippen molar-refractivity contribution in [1.29, 1.82) is 0 Å². The molecule has 0 fully saturated rings. The van der Waals surface area contributed by atoms with Gasteiger partial charge in [-0.2, -0.15) is 0 Å². The molecule has 5 nitrogen and oxygen atoms in total. The Morgan fingerprint density at radius 1 is 1.60 bits per heavy atom. The summed E-state index contributed by atoms with van der Waals surface area (Å²) in [5.41, 5.74) is -1.66. The Balaban J connectivity index is 3.54. The number of alkyl halides is 2. The molecule has 0 aromatic carbocycles. The zero-order valence-corrected chi connectivity index (χ0v) is 7.74. The van der Waals surface area contributed by atoms with E-state index in [9.17, 15) is 23.7 Å². The number of nitro groups is 1. The summed E-state index contributed by atoms with van der Waals surface area (Å²) in [5, 5.41) is 9.89. The van der Waals surface area contributed by atoms with E-state index in [1.165, 1.54) is 0 Å². The number of nitrogens with zero attached hydrogens (tertiary/aromatic N) is 2. The van der Waals surface area contributed by atoms with E-state index in [0.717, 1.165) is 0 Å². The van der Waals surface area contributed by atoms with Gasteiger partial charge in [-0.15, -0.1) is 0 Å². The zero-order chi connectivity index (χ0) is 11.6. The average molecular weight is 237 g/mol. The summed E-state index contributed by atoms with van der Waals surface area (Å²) < 4.78 is 24.9. The van der Waals surface area contributed by atoms with Gasteiger partial charge in [0.15, 0.2) is 12.5 Å². The lowest BCUT2D eigenvalue weighted by Gasteiger charge is -2.04. The van der Waals surface area contributed by atoms with Crippen LogP contribution in [0.15, 0.2) is 6.20 Å². The van der Waals surface area contributed by atoms with Gasteiger partial charge < -0.3 is 10.1 Å². The first-order valence-electron chi connectivity index (χ1n) is 3.55. The predicted octanol–water partition coefficient (Wildman–Crippen LogP) is 2.39. The molecule has 0 aliphatic carbocycles. The Hall–Kier alpha value is -1.63. The highest BCUT2D eigenvalue weighted by Crippen LogP contribution is 2.32. The Morgan fingerprint density at radius 3 is 2.60 bits per heavy atom. The summed E-state index contributed by atoms with van der Waals surface area (Å²) >= 11 is 5.36. The van der Waals surface area contributed by atoms with Gasteiger partial charge in [-0.1, -0.05) is 11.6 Å². The normalized spacial score (nSPS) is 10.4. The fourth-order valence-corrected chi connectivity index (χ4v) is 1.22. The van der Waals surface area contributed by atoms with Crippen molar-refractivity contribution in [2.24, 2.45) is 0 Å². The van der Waals surface area contributed by atoms with Crippen LogP contribution in [0.4, 0.5) is 14.6 Å². The van der Waals surface area contributed by atoms with E-state index < -0.39 is 33.3 Å². The molecular weight excluding hydrogens is 234 g/mol. The molecule has 8 heteroatoms. The summed E-state index contributed by atoms with van der Waals surface area (Å²) in [6.45, 7) is 0. The molecule has 0 saturated carbocycles. The molecule has 1 aromatic heterocycles. The van der Waals surface area contributed by atoms with Crippen molar-refractivity contribution in [1.82, 2.24) is 4.98 Å². The van der Waals surface area contributed by atoms with Gasteiger partial charge in [0.05, 0.1) is 10.6 Å². The van der Waals surface area contributed by atoms with Crippen LogP contribution in [0.25, 0.3) is 0 Å². The lowest BCUT2D eigenvalue weighted by Crippen LogP contribution is -2.03. The maximum Gasteiger partial charge on any atom is 0.374 e. The van der Waals surface area contributed by atoms with Gasteiger partial charge in [-0.05, 0) is 9.91 Å². The lowest BCUT2D eigenvalue weighted by atomic mass is 10.1. The number of pyridine rings is 1. The number of aromatic nitrogens is 1. The average Bonchev–Trinajstić information content (AvgIpc) is 2.15. The summed E-state index contributed by atoms with van der Waals surface area (Å²) in [5.74, 6) is -0.926. The van der Waals surface area contributed by atoms with E-state index in [-0.39, 0.29) is 6.29 Å². The van der Waals surface area contributed by atoms with Crippen LogP contribution < -0.4 is 0 Å². The van der Waals surface area contributed by atoms with Crippen LogP contribution in [-0.2, 0) is 0 Å². The second-order valence-corrected chi connectivity index (χ2v) is 2.84. The molecule has 0 atom stereocenters. The first kappa shape index (κ1) is 11.4. The Bertz CT molecular complexity index is 425. The second-order valence-electron chi connectivity index (χ2n) is 2.43. The molecule has 0 aliphatic rings. The standard InChI is InChI=1S/C7H3ClF2N2O3/c8-4-1-11-7(12(14)15)3(2-13)5(4)6(9)10/h1-2,6H. The number of carbonyl (C=O) groups excluding carboxylic acids is 1. The Morgan fingerprint density at radius 2 is 2.20 bits per heavy atom. The summed E-state index contributed by atoms with van der Waals surface area (Å²) in [7, 11) is 0. The van der Waals surface area contributed by atoms with Gasteiger partial charge in [-0.3, -0.25) is 4.79 Å². The van der Waals surface area contributed by atoms with Crippen LogP contribution >= 0.6 is 11.6 Å². The number of carbonyl (C=O) groups is 1. The molecule has 1 aromatic rings. The van der Waals surface area contributed by atoms with Gasteiger partial charge >= 0.3 is 5.82 Å². The van der Waals surface area contributed by atoms with Crippen molar-refractivity contribution >= 4 is 23.7 Å². The molecule has 1 rings (SSSR count). The second kappa shape index (κ2) is 4.26. The minimum atomic E-state index is -3.07. The third-order valence-electron chi connectivity index (χ3n) is 1.60. The van der Waals surface area contributed by atoms with Crippen molar-refractivity contribution in [2.45, 2.75) is 6.43 Å². The Labute approximate surface area is 86.8 Å². The van der Waals surface area contributed by atoms with Crippen LogP contribution in [0, 0.1) is 10.1 Å². The zero-order valence-electron chi connectivity index (χ0n) is 6.99. The molecule has 0 N–H and O–H groups in total. The third kappa shape index (κ3) is 2.07. The molecule has 0 amide bonds. The van der Waals surface area contributed by atoms with Crippen molar-refractivity contribution in [3.8, 4) is 0 Å². The van der Waals surface area contributed by atoms with Crippen LogP contribution in [0.2, 0.25) is 5.02 Å². The van der Waals surface area contributed by atoms with Crippen molar-refractivity contribution < 1.29 is 18.5 Å². The SMILES string of the molecule is O=Cc1c([N+](=O)[O-])ncc(Cl)c1C(F)F. The maximum atomic E-state index is 12.4. The number of aldehydes is 1. The highest BCUT2D eigenvalue weighted by molar-refractivity contribution is 6.31. The highest BCUT2D eigenvalue weighted by Gasteiger charge is 2.27. The van der Waals surface area contributed by atoms with Crippen LogP contribution in [-0.4, -0.2) is 16.2 Å². The molecule has 0 spiro atoms. The molecule has 0 saturated heterocycles. The summed E-state index contributed by atoms with van der Waals surface area (Å²) in [6.07, 6.45) is -2.41. The van der Waals surface area contributed by atoms with E-state index in [4.69, 9.17) is 11.6 Å². The number of rotatable bonds is 3. The van der Waals surface area contributed by atoms with E-state index in [2.05, 4.69) is 4.98 Å². The molecule has 1 heterocycles. The molecule has 0 unspecified atom stereocenters. The van der Waals surface area contributed by atoms with E-state index >= 15 is 0 Å². The minimum absolute atomic E-state index is 0.0570. The van der Waals surface area contributed by atoms with Crippen LogP contribution in [0.3, 0.4) is 0 Å². The molecule has 80 valence electrons. The number of hydrogen-bond acceptors (Lipinski definition) is 4. The smallest absolute Gasteiger partial charge is 0.358 e. The maximum absolute atomic E-state index is 12.4. The molecule has 0 bridgehead atoms. The van der Waals surface area contributed by atoms with Gasteiger partial charge in [0.2, 0.25) is 0 Å². The monoisotopic (exact) mass is 236 g/mol. The third-order valence-corrected chi connectivity index (χ3v) is 1.90. The van der Waals surface area contributed by atoms with Gasteiger partial charge in [0, 0.05) is 0 Å². The molecular formula is C7H3ClF2N2O3. The fraction of sp³-hybridized carbons (Fsp3) is 0.143. The largest absolute Gasteiger partial charge is 0.374 e. The Kier molecular flexibility index (Phi) is 3.25. The van der Waals surface area contributed by atoms with Gasteiger partial charge in [-0.25, -0.2) is 8.78 Å². The highest BCUT2D eigenvalue weighted by atomic mass is 35.5. The first-order chi connectivity index (χ1) is 6.99. The molecule has 0 aliphatic heterocycles. The molecule has 15 heavy (non-hydrogen) atoms. The predicted molar refractivity (Wildman–Crippen MR) is 46.2 cm³/mol. The van der Waals surface area contributed by atoms with E-state index in [1.54, 1.807) is 0 Å². The number of hydrogen-bond donors (Lipinski definition) is 0. The summed E-state index contributed by atoms with van der Waals surface area (Å²) in [6, 6.07) is 0. The number of halogens is 3. The minimum Gasteiger partial charge on any atom is -0.358 e. The van der Waals surface area contributed by atoms with Crippen LogP contribution in [0.5, 0.6) is 0 Å². The van der Waals surface area contributed by atoms with Crippen molar-refractivity contribution in [3.63, 3.8) is 0 Å². The van der Waals surface area contributed by atoms with E-state index in [0.29, 0.717) is 6.20 Å². The van der Waals surface area contributed by atoms with Gasteiger partial charge in [0.25, 0.3) is 6.43 Å². The van der Waals surface area contributed by atoms with Crippen molar-refractivity contribution in [2.75, 3.05) is 0 Å². The fourth-order valence-electron chi connectivity index (χ4n) is 0.989. The van der Waals surface area contributed by atoms with Gasteiger partial charge in [0.1, 0.15) is 5.56 Å². The van der Waals surface area contributed by atoms with Crippen LogP contribution in [0.1, 0.15) is 22.3 Å². The van der Waals surface area contributed by atoms with Crippen molar-refractivity contribution in [3.05, 3.63) is 32.5 Å². The molecule has 0 radical (unpaired) electrons. The summed E-state index contributed by atoms with van der Waals surface area (Å²) in [4.78, 5) is 23.0. The van der Waals surface area contributed by atoms with E-state index in [1.807, 2.05) is 0 Å². The lowest BCUT2D eigenvalue weighted by molar-refractivity contribution is -0.389.